The molecule has 110 valence electrons. The van der Waals surface area contributed by atoms with Crippen molar-refractivity contribution in [3.05, 3.63) is 17.8 Å². The summed E-state index contributed by atoms with van der Waals surface area (Å²) in [6.45, 7) is 7.93. The van der Waals surface area contributed by atoms with E-state index in [-0.39, 0.29) is 6.10 Å². The van der Waals surface area contributed by atoms with E-state index in [1.54, 1.807) is 0 Å². The molecule has 2 fully saturated rings. The van der Waals surface area contributed by atoms with Crippen molar-refractivity contribution in [2.75, 3.05) is 49.1 Å². The second-order valence-electron chi connectivity index (χ2n) is 5.80. The summed E-state index contributed by atoms with van der Waals surface area (Å²) in [6, 6.07) is 4.34. The zero-order valence-corrected chi connectivity index (χ0v) is 12.2. The average molecular weight is 276 g/mol. The Balaban J connectivity index is 1.82. The van der Waals surface area contributed by atoms with E-state index in [1.807, 2.05) is 0 Å². The van der Waals surface area contributed by atoms with Crippen LogP contribution in [0.2, 0.25) is 0 Å². The average Bonchev–Trinajstić information content (AvgIpc) is 2.47. The topological polar surface area (TPSA) is 51.6 Å². The Labute approximate surface area is 120 Å². The summed E-state index contributed by atoms with van der Waals surface area (Å²) in [5.41, 5.74) is 2.31. The van der Waals surface area contributed by atoms with E-state index in [9.17, 15) is 5.11 Å². The second-order valence-corrected chi connectivity index (χ2v) is 5.80. The highest BCUT2D eigenvalue weighted by Crippen LogP contribution is 2.25. The van der Waals surface area contributed by atoms with E-state index in [0.717, 1.165) is 57.1 Å². The monoisotopic (exact) mass is 276 g/mol. The molecule has 2 aliphatic rings. The Morgan fingerprint density at radius 2 is 2.00 bits per heavy atom. The fourth-order valence-corrected chi connectivity index (χ4v) is 3.06. The summed E-state index contributed by atoms with van der Waals surface area (Å²) in [5, 5.41) is 13.2. The highest BCUT2D eigenvalue weighted by atomic mass is 16.3. The fraction of sp³-hybridized carbons (Fsp3) is 0.667. The smallest absolute Gasteiger partial charge is 0.130 e. The Morgan fingerprint density at radius 1 is 1.20 bits per heavy atom. The quantitative estimate of drug-likeness (QED) is 0.835. The van der Waals surface area contributed by atoms with Crippen LogP contribution < -0.4 is 15.1 Å². The van der Waals surface area contributed by atoms with Gasteiger partial charge in [0.25, 0.3) is 0 Å². The molecule has 0 bridgehead atoms. The molecule has 0 radical (unpaired) electrons. The molecule has 2 N–H and O–H groups in total. The Hall–Kier alpha value is -1.33. The van der Waals surface area contributed by atoms with Crippen molar-refractivity contribution < 1.29 is 5.11 Å². The van der Waals surface area contributed by atoms with Gasteiger partial charge in [0.05, 0.1) is 6.10 Å². The summed E-state index contributed by atoms with van der Waals surface area (Å²) >= 11 is 0. The number of pyridine rings is 1. The van der Waals surface area contributed by atoms with Crippen molar-refractivity contribution in [1.82, 2.24) is 10.3 Å². The summed E-state index contributed by atoms with van der Waals surface area (Å²) in [5.74, 6) is 1.01. The summed E-state index contributed by atoms with van der Waals surface area (Å²) < 4.78 is 0. The molecule has 2 aliphatic heterocycles. The third-order valence-corrected chi connectivity index (χ3v) is 4.13. The first-order valence-corrected chi connectivity index (χ1v) is 7.60. The molecule has 1 atom stereocenters. The van der Waals surface area contributed by atoms with Crippen LogP contribution in [0.4, 0.5) is 11.5 Å². The molecule has 5 heteroatoms. The predicted octanol–water partition coefficient (Wildman–Crippen LogP) is 0.761. The van der Waals surface area contributed by atoms with E-state index < -0.39 is 0 Å². The first-order chi connectivity index (χ1) is 9.72. The Bertz CT molecular complexity index is 459. The first-order valence-electron chi connectivity index (χ1n) is 7.60. The molecule has 5 nitrogen and oxygen atoms in total. The van der Waals surface area contributed by atoms with Crippen LogP contribution >= 0.6 is 0 Å². The van der Waals surface area contributed by atoms with Gasteiger partial charge in [0, 0.05) is 56.7 Å². The van der Waals surface area contributed by atoms with Crippen LogP contribution in [0.25, 0.3) is 0 Å². The molecular formula is C15H24N4O. The molecule has 1 unspecified atom stereocenters. The van der Waals surface area contributed by atoms with Gasteiger partial charge in [0.2, 0.25) is 0 Å². The highest BCUT2D eigenvalue weighted by Gasteiger charge is 2.20. The molecule has 0 aliphatic carbocycles. The van der Waals surface area contributed by atoms with E-state index in [0.29, 0.717) is 6.54 Å². The normalized spacial score (nSPS) is 24.0. The van der Waals surface area contributed by atoms with Crippen LogP contribution in [-0.2, 0) is 0 Å². The lowest BCUT2D eigenvalue weighted by atomic mass is 10.1. The van der Waals surface area contributed by atoms with Gasteiger partial charge in [-0.15, -0.1) is 0 Å². The lowest BCUT2D eigenvalue weighted by Gasteiger charge is -2.33. The SMILES string of the molecule is Cc1cc(N2CCNCC2)cc(N2CCCC(O)C2)n1. The summed E-state index contributed by atoms with van der Waals surface area (Å²) in [4.78, 5) is 9.29. The summed E-state index contributed by atoms with van der Waals surface area (Å²) in [7, 11) is 0. The van der Waals surface area contributed by atoms with E-state index in [2.05, 4.69) is 39.2 Å². The van der Waals surface area contributed by atoms with Crippen LogP contribution in [0.5, 0.6) is 0 Å². The van der Waals surface area contributed by atoms with Crippen LogP contribution in [-0.4, -0.2) is 55.5 Å². The minimum absolute atomic E-state index is 0.214. The molecule has 0 aromatic carbocycles. The molecule has 3 rings (SSSR count). The van der Waals surface area contributed by atoms with Crippen molar-refractivity contribution in [3.63, 3.8) is 0 Å². The lowest BCUT2D eigenvalue weighted by Crippen LogP contribution is -2.44. The van der Waals surface area contributed by atoms with Crippen molar-refractivity contribution in [2.24, 2.45) is 0 Å². The Kier molecular flexibility index (Phi) is 4.08. The van der Waals surface area contributed by atoms with Crippen LogP contribution in [0.3, 0.4) is 0 Å². The predicted molar refractivity (Wildman–Crippen MR) is 81.5 cm³/mol. The fourth-order valence-electron chi connectivity index (χ4n) is 3.06. The van der Waals surface area contributed by atoms with Crippen molar-refractivity contribution in [2.45, 2.75) is 25.9 Å². The number of anilines is 2. The van der Waals surface area contributed by atoms with Crippen LogP contribution in [0.1, 0.15) is 18.5 Å². The largest absolute Gasteiger partial charge is 0.391 e. The number of aromatic nitrogens is 1. The van der Waals surface area contributed by atoms with Gasteiger partial charge in [-0.2, -0.15) is 0 Å². The number of aliphatic hydroxyl groups excluding tert-OH is 1. The summed E-state index contributed by atoms with van der Waals surface area (Å²) in [6.07, 6.45) is 1.74. The van der Waals surface area contributed by atoms with Gasteiger partial charge in [-0.3, -0.25) is 0 Å². The number of piperazine rings is 1. The third-order valence-electron chi connectivity index (χ3n) is 4.13. The van der Waals surface area contributed by atoms with Gasteiger partial charge in [0.15, 0.2) is 0 Å². The molecule has 0 spiro atoms. The van der Waals surface area contributed by atoms with Gasteiger partial charge >= 0.3 is 0 Å². The number of hydrogen-bond acceptors (Lipinski definition) is 5. The number of aliphatic hydroxyl groups is 1. The second kappa shape index (κ2) is 5.97. The molecule has 0 amide bonds. The highest BCUT2D eigenvalue weighted by molar-refractivity contribution is 5.57. The number of nitrogens with zero attached hydrogens (tertiary/aromatic N) is 3. The third kappa shape index (κ3) is 3.04. The van der Waals surface area contributed by atoms with E-state index >= 15 is 0 Å². The first kappa shape index (κ1) is 13.6. The molecule has 20 heavy (non-hydrogen) atoms. The number of nitrogens with one attached hydrogen (secondary N) is 1. The number of hydrogen-bond donors (Lipinski definition) is 2. The van der Waals surface area contributed by atoms with Gasteiger partial charge < -0.3 is 20.2 Å². The number of β-amino-alcohol motifs (C(OH)–C–C–N with tert-alkyl or cyclic N) is 1. The molecule has 2 saturated heterocycles. The maximum atomic E-state index is 9.84. The standard InChI is InChI=1S/C15H24N4O/c1-12-9-13(18-7-4-16-5-8-18)10-15(17-12)19-6-2-3-14(20)11-19/h9-10,14,16,20H,2-8,11H2,1H3. The minimum Gasteiger partial charge on any atom is -0.391 e. The maximum Gasteiger partial charge on any atom is 0.130 e. The zero-order valence-electron chi connectivity index (χ0n) is 12.2. The van der Waals surface area contributed by atoms with Gasteiger partial charge in [-0.25, -0.2) is 4.98 Å². The molecule has 1 aromatic heterocycles. The molecule has 1 aromatic rings. The Morgan fingerprint density at radius 3 is 2.75 bits per heavy atom. The van der Waals surface area contributed by atoms with Crippen molar-refractivity contribution in [1.29, 1.82) is 0 Å². The van der Waals surface area contributed by atoms with E-state index in [4.69, 9.17) is 0 Å². The minimum atomic E-state index is -0.214. The molecular weight excluding hydrogens is 252 g/mol. The van der Waals surface area contributed by atoms with E-state index in [1.165, 1.54) is 5.69 Å². The number of piperidine rings is 1. The number of rotatable bonds is 2. The van der Waals surface area contributed by atoms with Crippen molar-refractivity contribution >= 4 is 11.5 Å². The zero-order chi connectivity index (χ0) is 13.9. The lowest BCUT2D eigenvalue weighted by molar-refractivity contribution is 0.154. The maximum absolute atomic E-state index is 9.84. The molecule has 3 heterocycles. The molecule has 0 saturated carbocycles. The van der Waals surface area contributed by atoms with Crippen LogP contribution in [0.15, 0.2) is 12.1 Å². The van der Waals surface area contributed by atoms with Gasteiger partial charge in [-0.05, 0) is 25.8 Å². The number of aryl methyl sites for hydroxylation is 1. The van der Waals surface area contributed by atoms with Crippen LogP contribution in [0, 0.1) is 6.92 Å². The van der Waals surface area contributed by atoms with Gasteiger partial charge in [-0.1, -0.05) is 0 Å². The van der Waals surface area contributed by atoms with Gasteiger partial charge in [0.1, 0.15) is 5.82 Å². The van der Waals surface area contributed by atoms with Crippen molar-refractivity contribution in [3.8, 4) is 0 Å².